The third-order valence-corrected chi connectivity index (χ3v) is 11.1. The lowest BCUT2D eigenvalue weighted by atomic mass is 9.83. The van der Waals surface area contributed by atoms with Crippen molar-refractivity contribution < 1.29 is 13.3 Å². The summed E-state index contributed by atoms with van der Waals surface area (Å²) in [6.45, 7) is 0. The third-order valence-electron chi connectivity index (χ3n) is 11.1. The van der Waals surface area contributed by atoms with E-state index in [1.165, 1.54) is 38.2 Å². The second kappa shape index (κ2) is 10.7. The molecule has 0 radical (unpaired) electrons. The molecule has 3 aromatic heterocycles. The smallest absolute Gasteiger partial charge is 0.143 e. The predicted octanol–water partition coefficient (Wildman–Crippen LogP) is 14.7. The fourth-order valence-electron chi connectivity index (χ4n) is 8.86. The van der Waals surface area contributed by atoms with Crippen molar-refractivity contribution in [2.45, 2.75) is 0 Å². The summed E-state index contributed by atoms with van der Waals surface area (Å²) >= 11 is 0. The van der Waals surface area contributed by atoms with Gasteiger partial charge in [0.05, 0.1) is 6.26 Å². The van der Waals surface area contributed by atoms with Crippen molar-refractivity contribution in [1.29, 1.82) is 0 Å². The molecule has 0 bridgehead atoms. The highest BCUT2D eigenvalue weighted by Gasteiger charge is 2.24. The molecule has 0 saturated heterocycles. The fourth-order valence-corrected chi connectivity index (χ4v) is 8.86. The minimum atomic E-state index is 0.839. The van der Waals surface area contributed by atoms with Gasteiger partial charge in [0.15, 0.2) is 0 Å². The fraction of sp³-hybridized carbons (Fsp3) is 0. The molecule has 0 atom stereocenters. The molecular weight excluding hydrogens is 649 g/mol. The molecule has 0 unspecified atom stereocenters. The lowest BCUT2D eigenvalue weighted by Gasteiger charge is -2.19. The van der Waals surface area contributed by atoms with Crippen LogP contribution in [0.25, 0.3) is 121 Å². The first-order valence-corrected chi connectivity index (χ1v) is 18.0. The Labute approximate surface area is 302 Å². The van der Waals surface area contributed by atoms with E-state index in [1.807, 2.05) is 18.4 Å². The van der Waals surface area contributed by atoms with E-state index in [4.69, 9.17) is 13.3 Å². The molecule has 0 fully saturated rings. The van der Waals surface area contributed by atoms with Gasteiger partial charge < -0.3 is 13.3 Å². The van der Waals surface area contributed by atoms with Crippen LogP contribution in [0, 0.1) is 0 Å². The Kier molecular flexibility index (Phi) is 5.77. The molecule has 12 rings (SSSR count). The molecule has 0 N–H and O–H groups in total. The van der Waals surface area contributed by atoms with Crippen LogP contribution in [0.2, 0.25) is 0 Å². The Morgan fingerprint density at radius 1 is 0.321 bits per heavy atom. The maximum atomic E-state index is 6.67. The van der Waals surface area contributed by atoms with Gasteiger partial charge in [0.1, 0.15) is 27.9 Å². The van der Waals surface area contributed by atoms with Crippen LogP contribution >= 0.6 is 0 Å². The van der Waals surface area contributed by atoms with E-state index in [0.717, 1.165) is 82.3 Å². The van der Waals surface area contributed by atoms with Crippen molar-refractivity contribution in [2.75, 3.05) is 0 Å². The summed E-state index contributed by atoms with van der Waals surface area (Å²) in [5, 5.41) is 12.4. The number of hydrogen-bond donors (Lipinski definition) is 0. The second-order valence-electron chi connectivity index (χ2n) is 13.9. The first-order valence-electron chi connectivity index (χ1n) is 18.0. The molecule has 0 aliphatic carbocycles. The van der Waals surface area contributed by atoms with E-state index in [0.29, 0.717) is 0 Å². The summed E-state index contributed by atoms with van der Waals surface area (Å²) in [6.07, 6.45) is 1.86. The average Bonchev–Trinajstić information content (AvgIpc) is 3.92. The van der Waals surface area contributed by atoms with Crippen LogP contribution in [-0.4, -0.2) is 0 Å². The number of furan rings is 3. The van der Waals surface area contributed by atoms with Crippen molar-refractivity contribution in [3.63, 3.8) is 0 Å². The van der Waals surface area contributed by atoms with E-state index in [9.17, 15) is 0 Å². The highest BCUT2D eigenvalue weighted by atomic mass is 16.3. The molecule has 9 aromatic carbocycles. The zero-order valence-corrected chi connectivity index (χ0v) is 28.4. The summed E-state index contributed by atoms with van der Waals surface area (Å²) in [4.78, 5) is 0. The summed E-state index contributed by atoms with van der Waals surface area (Å²) in [5.74, 6) is 0. The summed E-state index contributed by atoms with van der Waals surface area (Å²) in [5.41, 5.74) is 11.2. The Hall–Kier alpha value is -7.10. The first-order chi connectivity index (χ1) is 26.3. The topological polar surface area (TPSA) is 39.4 Å². The Bertz CT molecular complexity index is 3390. The van der Waals surface area contributed by atoms with E-state index in [2.05, 4.69) is 152 Å². The molecule has 246 valence electrons. The lowest BCUT2D eigenvalue weighted by Crippen LogP contribution is -1.92. The molecule has 0 aliphatic rings. The number of fused-ring (bicyclic) bond motifs is 11. The van der Waals surface area contributed by atoms with Crippen molar-refractivity contribution >= 4 is 87.2 Å². The lowest BCUT2D eigenvalue weighted by molar-refractivity contribution is 0.617. The Morgan fingerprint density at radius 3 is 1.68 bits per heavy atom. The molecule has 3 heteroatoms. The molecule has 0 amide bonds. The Morgan fingerprint density at radius 2 is 0.925 bits per heavy atom. The number of para-hydroxylation sites is 1. The average molecular weight is 677 g/mol. The monoisotopic (exact) mass is 676 g/mol. The van der Waals surface area contributed by atoms with E-state index in [1.54, 1.807) is 0 Å². The second-order valence-corrected chi connectivity index (χ2v) is 13.9. The van der Waals surface area contributed by atoms with Crippen molar-refractivity contribution in [3.8, 4) is 33.4 Å². The van der Waals surface area contributed by atoms with Gasteiger partial charge in [0, 0.05) is 37.9 Å². The van der Waals surface area contributed by atoms with Crippen molar-refractivity contribution in [3.05, 3.63) is 170 Å². The van der Waals surface area contributed by atoms with Crippen LogP contribution < -0.4 is 0 Å². The van der Waals surface area contributed by atoms with E-state index < -0.39 is 0 Å². The zero-order chi connectivity index (χ0) is 34.6. The SMILES string of the molecule is c1ccc(-c2coc3cc4c(cc23)oc2cccc(-c3c5ccccc5c(-c5cc6ccccc6c6oc7ccccc7c56)c5ccccc35)c24)cc1. The van der Waals surface area contributed by atoms with Gasteiger partial charge in [-0.3, -0.25) is 0 Å². The first kappa shape index (κ1) is 28.6. The van der Waals surface area contributed by atoms with Gasteiger partial charge in [-0.15, -0.1) is 0 Å². The molecule has 0 spiro atoms. The van der Waals surface area contributed by atoms with Gasteiger partial charge in [0.25, 0.3) is 0 Å². The van der Waals surface area contributed by atoms with Crippen LogP contribution in [0.15, 0.2) is 183 Å². The van der Waals surface area contributed by atoms with Crippen molar-refractivity contribution in [1.82, 2.24) is 0 Å². The normalized spacial score (nSPS) is 12.2. The molecular formula is C50H28O3. The molecule has 53 heavy (non-hydrogen) atoms. The van der Waals surface area contributed by atoms with Gasteiger partial charge in [0.2, 0.25) is 0 Å². The van der Waals surface area contributed by atoms with Gasteiger partial charge in [-0.2, -0.15) is 0 Å². The van der Waals surface area contributed by atoms with Gasteiger partial charge >= 0.3 is 0 Å². The maximum absolute atomic E-state index is 6.67. The summed E-state index contributed by atoms with van der Waals surface area (Å²) in [6, 6.07) is 58.1. The highest BCUT2D eigenvalue weighted by molar-refractivity contribution is 6.30. The minimum Gasteiger partial charge on any atom is -0.464 e. The number of benzene rings is 9. The van der Waals surface area contributed by atoms with Crippen LogP contribution in [0.5, 0.6) is 0 Å². The minimum absolute atomic E-state index is 0.839. The zero-order valence-electron chi connectivity index (χ0n) is 28.4. The van der Waals surface area contributed by atoms with Crippen molar-refractivity contribution in [2.24, 2.45) is 0 Å². The molecule has 3 heterocycles. The molecule has 0 aliphatic heterocycles. The van der Waals surface area contributed by atoms with Gasteiger partial charge in [-0.25, -0.2) is 0 Å². The molecule has 3 nitrogen and oxygen atoms in total. The Balaban J connectivity index is 1.19. The van der Waals surface area contributed by atoms with E-state index >= 15 is 0 Å². The summed E-state index contributed by atoms with van der Waals surface area (Å²) < 4.78 is 19.6. The highest BCUT2D eigenvalue weighted by Crippen LogP contribution is 2.50. The molecule has 0 saturated carbocycles. The quantitative estimate of drug-likeness (QED) is 0.175. The number of rotatable bonds is 3. The van der Waals surface area contributed by atoms with Crippen LogP contribution in [0.1, 0.15) is 0 Å². The standard InChI is InChI=1S/C50H28O3/c1-2-13-29(14-3-1)41-28-51-44-27-39-45(26-38(41)44)52-43-24-12-22-37(48(39)43)46-32-17-6-8-19-34(32)47(35-20-9-7-18-33(35)46)40-25-30-15-4-5-16-31(30)50-49(40)36-21-10-11-23-42(36)53-50/h1-28H. The van der Waals surface area contributed by atoms with Crippen LogP contribution in [0.3, 0.4) is 0 Å². The van der Waals surface area contributed by atoms with E-state index in [-0.39, 0.29) is 0 Å². The van der Waals surface area contributed by atoms with Gasteiger partial charge in [-0.05, 0) is 85.1 Å². The van der Waals surface area contributed by atoms with Gasteiger partial charge in [-0.1, -0.05) is 133 Å². The van der Waals surface area contributed by atoms with Crippen LogP contribution in [0.4, 0.5) is 0 Å². The number of hydrogen-bond acceptors (Lipinski definition) is 3. The molecule has 12 aromatic rings. The maximum Gasteiger partial charge on any atom is 0.143 e. The third kappa shape index (κ3) is 3.99. The summed E-state index contributed by atoms with van der Waals surface area (Å²) in [7, 11) is 0. The van der Waals surface area contributed by atoms with Crippen LogP contribution in [-0.2, 0) is 0 Å². The largest absolute Gasteiger partial charge is 0.464 e. The predicted molar refractivity (Wildman–Crippen MR) is 220 cm³/mol.